The van der Waals surface area contributed by atoms with Gasteiger partial charge in [-0.1, -0.05) is 66.7 Å². The molecule has 0 N–H and O–H groups in total. The Labute approximate surface area is 160 Å². The molecule has 0 spiro atoms. The number of aryl methyl sites for hydroxylation is 1. The van der Waals surface area contributed by atoms with Gasteiger partial charge in [0.2, 0.25) is 0 Å². The number of ether oxygens (including phenoxy) is 2. The van der Waals surface area contributed by atoms with E-state index in [0.29, 0.717) is 13.2 Å². The van der Waals surface area contributed by atoms with Crippen molar-refractivity contribution in [1.82, 2.24) is 0 Å². The number of hydrogen-bond donors (Lipinski definition) is 0. The average Bonchev–Trinajstić information content (AvgIpc) is 2.72. The zero-order valence-electron chi connectivity index (χ0n) is 15.4. The van der Waals surface area contributed by atoms with Crippen LogP contribution < -0.4 is 9.47 Å². The highest BCUT2D eigenvalue weighted by Crippen LogP contribution is 2.29. The first-order chi connectivity index (χ1) is 13.3. The Morgan fingerprint density at radius 2 is 1.22 bits per heavy atom. The summed E-state index contributed by atoms with van der Waals surface area (Å²) in [5.74, 6) is 1.77. The minimum atomic E-state index is 0.565. The first-order valence-corrected chi connectivity index (χ1v) is 9.16. The predicted molar refractivity (Wildman–Crippen MR) is 110 cm³/mol. The summed E-state index contributed by atoms with van der Waals surface area (Å²) < 4.78 is 12.0. The van der Waals surface area contributed by atoms with Crippen molar-refractivity contribution >= 4 is 10.8 Å². The van der Waals surface area contributed by atoms with E-state index in [1.54, 1.807) is 0 Å². The molecule has 2 nitrogen and oxygen atoms in total. The van der Waals surface area contributed by atoms with Crippen molar-refractivity contribution in [3.05, 3.63) is 108 Å². The number of fused-ring (bicyclic) bond motifs is 1. The lowest BCUT2D eigenvalue weighted by Gasteiger charge is -2.12. The lowest BCUT2D eigenvalue weighted by Crippen LogP contribution is -1.97. The molecule has 0 unspecified atom stereocenters. The lowest BCUT2D eigenvalue weighted by molar-refractivity contribution is 0.304. The molecule has 4 aromatic rings. The molecule has 0 fully saturated rings. The van der Waals surface area contributed by atoms with Crippen LogP contribution in [-0.4, -0.2) is 0 Å². The SMILES string of the molecule is Cc1cc2ccc(OCc3ccccc3)cc2cc1OCc1ccccc1. The van der Waals surface area contributed by atoms with Crippen LogP contribution in [0.4, 0.5) is 0 Å². The molecule has 0 aromatic heterocycles. The Balaban J connectivity index is 1.52. The van der Waals surface area contributed by atoms with E-state index in [1.165, 1.54) is 5.39 Å². The van der Waals surface area contributed by atoms with Crippen molar-refractivity contribution < 1.29 is 9.47 Å². The highest BCUT2D eigenvalue weighted by molar-refractivity contribution is 5.86. The van der Waals surface area contributed by atoms with E-state index in [4.69, 9.17) is 9.47 Å². The zero-order chi connectivity index (χ0) is 18.5. The van der Waals surface area contributed by atoms with Gasteiger partial charge in [-0.25, -0.2) is 0 Å². The van der Waals surface area contributed by atoms with Crippen LogP contribution in [0, 0.1) is 6.92 Å². The monoisotopic (exact) mass is 354 g/mol. The molecule has 0 bridgehead atoms. The fraction of sp³-hybridized carbons (Fsp3) is 0.120. The maximum Gasteiger partial charge on any atom is 0.123 e. The fourth-order valence-corrected chi connectivity index (χ4v) is 3.09. The van der Waals surface area contributed by atoms with Gasteiger partial charge in [0.25, 0.3) is 0 Å². The highest BCUT2D eigenvalue weighted by atomic mass is 16.5. The molecule has 0 atom stereocenters. The van der Waals surface area contributed by atoms with Gasteiger partial charge >= 0.3 is 0 Å². The molecule has 4 rings (SSSR count). The molecule has 134 valence electrons. The molecular formula is C25H22O2. The highest BCUT2D eigenvalue weighted by Gasteiger charge is 2.05. The third-order valence-electron chi connectivity index (χ3n) is 4.59. The van der Waals surface area contributed by atoms with Gasteiger partial charge in [-0.05, 0) is 58.7 Å². The molecule has 0 aliphatic heterocycles. The van der Waals surface area contributed by atoms with Gasteiger partial charge in [-0.2, -0.15) is 0 Å². The minimum absolute atomic E-state index is 0.565. The first-order valence-electron chi connectivity index (χ1n) is 9.16. The van der Waals surface area contributed by atoms with Crippen molar-refractivity contribution in [2.45, 2.75) is 20.1 Å². The summed E-state index contributed by atoms with van der Waals surface area (Å²) >= 11 is 0. The van der Waals surface area contributed by atoms with Crippen LogP contribution in [-0.2, 0) is 13.2 Å². The Hall–Kier alpha value is -3.26. The predicted octanol–water partition coefficient (Wildman–Crippen LogP) is 6.31. The minimum Gasteiger partial charge on any atom is -0.489 e. The quantitative estimate of drug-likeness (QED) is 0.404. The maximum absolute atomic E-state index is 6.06. The summed E-state index contributed by atoms with van der Waals surface area (Å²) in [6.45, 7) is 3.21. The molecule has 0 radical (unpaired) electrons. The van der Waals surface area contributed by atoms with Gasteiger partial charge in [0.15, 0.2) is 0 Å². The van der Waals surface area contributed by atoms with Crippen molar-refractivity contribution in [2.75, 3.05) is 0 Å². The molecule has 27 heavy (non-hydrogen) atoms. The molecule has 0 heterocycles. The molecule has 0 aliphatic rings. The van der Waals surface area contributed by atoms with Crippen LogP contribution in [0.2, 0.25) is 0 Å². The Kier molecular flexibility index (Phi) is 5.06. The normalized spacial score (nSPS) is 10.7. The van der Waals surface area contributed by atoms with Crippen LogP contribution in [0.1, 0.15) is 16.7 Å². The van der Waals surface area contributed by atoms with Gasteiger partial charge in [-0.3, -0.25) is 0 Å². The van der Waals surface area contributed by atoms with Crippen LogP contribution in [0.25, 0.3) is 10.8 Å². The van der Waals surface area contributed by atoms with E-state index in [9.17, 15) is 0 Å². The van der Waals surface area contributed by atoms with Gasteiger partial charge in [0, 0.05) is 0 Å². The summed E-state index contributed by atoms with van der Waals surface area (Å²) in [4.78, 5) is 0. The maximum atomic E-state index is 6.06. The van der Waals surface area contributed by atoms with Crippen molar-refractivity contribution in [1.29, 1.82) is 0 Å². The summed E-state index contributed by atoms with van der Waals surface area (Å²) in [5.41, 5.74) is 3.46. The topological polar surface area (TPSA) is 18.5 Å². The van der Waals surface area contributed by atoms with Crippen LogP contribution >= 0.6 is 0 Å². The van der Waals surface area contributed by atoms with Crippen LogP contribution in [0.3, 0.4) is 0 Å². The van der Waals surface area contributed by atoms with Crippen molar-refractivity contribution in [2.24, 2.45) is 0 Å². The van der Waals surface area contributed by atoms with Crippen molar-refractivity contribution in [3.63, 3.8) is 0 Å². The largest absolute Gasteiger partial charge is 0.489 e. The van der Waals surface area contributed by atoms with Crippen molar-refractivity contribution in [3.8, 4) is 11.5 Å². The Bertz CT molecular complexity index is 1020. The van der Waals surface area contributed by atoms with E-state index >= 15 is 0 Å². The standard InChI is InChI=1S/C25H22O2/c1-19-14-22-12-13-24(26-17-20-8-4-2-5-9-20)15-23(22)16-25(19)27-18-21-10-6-3-7-11-21/h2-16H,17-18H2,1H3. The van der Waals surface area contributed by atoms with E-state index < -0.39 is 0 Å². The van der Waals surface area contributed by atoms with E-state index in [0.717, 1.165) is 33.6 Å². The summed E-state index contributed by atoms with van der Waals surface area (Å²) in [6.07, 6.45) is 0. The second-order valence-corrected chi connectivity index (χ2v) is 6.68. The van der Waals surface area contributed by atoms with Gasteiger partial charge < -0.3 is 9.47 Å². The summed E-state index contributed by atoms with van der Waals surface area (Å²) in [6, 6.07) is 30.9. The molecule has 0 saturated carbocycles. The lowest BCUT2D eigenvalue weighted by atomic mass is 10.1. The van der Waals surface area contributed by atoms with Crippen LogP contribution in [0.5, 0.6) is 11.5 Å². The third-order valence-corrected chi connectivity index (χ3v) is 4.59. The van der Waals surface area contributed by atoms with E-state index in [-0.39, 0.29) is 0 Å². The second kappa shape index (κ2) is 7.96. The Morgan fingerprint density at radius 3 is 1.89 bits per heavy atom. The molecule has 0 amide bonds. The van der Waals surface area contributed by atoms with Gasteiger partial charge in [0.1, 0.15) is 24.7 Å². The smallest absolute Gasteiger partial charge is 0.123 e. The fourth-order valence-electron chi connectivity index (χ4n) is 3.09. The summed E-state index contributed by atoms with van der Waals surface area (Å²) in [7, 11) is 0. The molecule has 4 aromatic carbocycles. The molecule has 0 aliphatic carbocycles. The average molecular weight is 354 g/mol. The summed E-state index contributed by atoms with van der Waals surface area (Å²) in [5, 5.41) is 2.31. The molecule has 2 heteroatoms. The number of hydrogen-bond acceptors (Lipinski definition) is 2. The van der Waals surface area contributed by atoms with Gasteiger partial charge in [0.05, 0.1) is 0 Å². The molecule has 0 saturated heterocycles. The molecular weight excluding hydrogens is 332 g/mol. The number of rotatable bonds is 6. The zero-order valence-corrected chi connectivity index (χ0v) is 15.4. The third kappa shape index (κ3) is 4.29. The first kappa shape index (κ1) is 17.2. The van der Waals surface area contributed by atoms with Crippen LogP contribution in [0.15, 0.2) is 91.0 Å². The number of benzene rings is 4. The van der Waals surface area contributed by atoms with E-state index in [2.05, 4.69) is 55.5 Å². The second-order valence-electron chi connectivity index (χ2n) is 6.68. The Morgan fingerprint density at radius 1 is 0.593 bits per heavy atom. The van der Waals surface area contributed by atoms with E-state index in [1.807, 2.05) is 42.5 Å². The van der Waals surface area contributed by atoms with Gasteiger partial charge in [-0.15, -0.1) is 0 Å².